The van der Waals surface area contributed by atoms with Crippen molar-refractivity contribution in [3.05, 3.63) is 0 Å². The molecule has 2 rings (SSSR count). The lowest BCUT2D eigenvalue weighted by molar-refractivity contribution is -0.123. The van der Waals surface area contributed by atoms with Gasteiger partial charge in [-0.05, 0) is 12.8 Å². The second-order valence-corrected chi connectivity index (χ2v) is 5.58. The van der Waals surface area contributed by atoms with Crippen LogP contribution in [0, 0.1) is 12.3 Å². The van der Waals surface area contributed by atoms with E-state index in [2.05, 4.69) is 21.5 Å². The topological polar surface area (TPSA) is 53.8 Å². The first kappa shape index (κ1) is 14.9. The summed E-state index contributed by atoms with van der Waals surface area (Å²) in [5.41, 5.74) is -0.455. The Bertz CT molecular complexity index is 426. The molecule has 0 saturated heterocycles. The third-order valence-corrected chi connectivity index (χ3v) is 3.89. The SMILES string of the molecule is C#CCCC1(CCC(=O)NC2CCC(F)(F)CC2)N=N1. The van der Waals surface area contributed by atoms with Crippen molar-refractivity contribution in [1.29, 1.82) is 0 Å². The van der Waals surface area contributed by atoms with Gasteiger partial charge in [0, 0.05) is 44.6 Å². The maximum atomic E-state index is 13.0. The second kappa shape index (κ2) is 5.86. The molecule has 1 amide bonds. The Morgan fingerprint density at radius 3 is 2.50 bits per heavy atom. The van der Waals surface area contributed by atoms with Gasteiger partial charge < -0.3 is 5.32 Å². The van der Waals surface area contributed by atoms with Gasteiger partial charge in [-0.15, -0.1) is 12.3 Å². The fourth-order valence-electron chi connectivity index (χ4n) is 2.47. The summed E-state index contributed by atoms with van der Waals surface area (Å²) in [7, 11) is 0. The molecule has 1 saturated carbocycles. The summed E-state index contributed by atoms with van der Waals surface area (Å²) in [5, 5.41) is 10.7. The first-order valence-corrected chi connectivity index (χ1v) is 6.99. The van der Waals surface area contributed by atoms with E-state index in [1.165, 1.54) is 0 Å². The van der Waals surface area contributed by atoms with E-state index in [4.69, 9.17) is 6.42 Å². The van der Waals surface area contributed by atoms with Gasteiger partial charge in [0.2, 0.25) is 11.8 Å². The van der Waals surface area contributed by atoms with E-state index >= 15 is 0 Å². The van der Waals surface area contributed by atoms with Gasteiger partial charge in [0.05, 0.1) is 0 Å². The zero-order valence-corrected chi connectivity index (χ0v) is 11.4. The van der Waals surface area contributed by atoms with Crippen molar-refractivity contribution in [2.24, 2.45) is 10.2 Å². The molecule has 0 atom stereocenters. The van der Waals surface area contributed by atoms with Crippen LogP contribution in [0.5, 0.6) is 0 Å². The van der Waals surface area contributed by atoms with Crippen LogP contribution in [-0.2, 0) is 4.79 Å². The van der Waals surface area contributed by atoms with Crippen LogP contribution in [0.3, 0.4) is 0 Å². The molecule has 0 aromatic heterocycles. The summed E-state index contributed by atoms with van der Waals surface area (Å²) in [6.45, 7) is 0. The molecule has 0 bridgehead atoms. The van der Waals surface area contributed by atoms with E-state index in [9.17, 15) is 13.6 Å². The molecule has 1 heterocycles. The quantitative estimate of drug-likeness (QED) is 0.748. The number of hydrogen-bond acceptors (Lipinski definition) is 3. The van der Waals surface area contributed by atoms with E-state index in [1.54, 1.807) is 0 Å². The van der Waals surface area contributed by atoms with Crippen molar-refractivity contribution in [2.45, 2.75) is 69.0 Å². The molecule has 1 aliphatic carbocycles. The van der Waals surface area contributed by atoms with Crippen molar-refractivity contribution in [3.63, 3.8) is 0 Å². The van der Waals surface area contributed by atoms with Crippen molar-refractivity contribution in [2.75, 3.05) is 0 Å². The molecule has 20 heavy (non-hydrogen) atoms. The molecule has 0 radical (unpaired) electrons. The van der Waals surface area contributed by atoms with Crippen molar-refractivity contribution in [1.82, 2.24) is 5.32 Å². The Balaban J connectivity index is 1.65. The number of carbonyl (C=O) groups is 1. The highest BCUT2D eigenvalue weighted by molar-refractivity contribution is 5.76. The summed E-state index contributed by atoms with van der Waals surface area (Å²) in [6, 6.07) is -0.128. The second-order valence-electron chi connectivity index (χ2n) is 5.58. The number of rotatable bonds is 6. The third kappa shape index (κ3) is 4.26. The zero-order valence-electron chi connectivity index (χ0n) is 11.4. The molecular formula is C14H19F2N3O. The largest absolute Gasteiger partial charge is 0.353 e. The number of carbonyl (C=O) groups excluding carboxylic acids is 1. The number of halogens is 2. The molecule has 110 valence electrons. The normalized spacial score (nSPS) is 23.1. The number of hydrogen-bond donors (Lipinski definition) is 1. The van der Waals surface area contributed by atoms with Gasteiger partial charge in [0.25, 0.3) is 0 Å². The monoisotopic (exact) mass is 283 g/mol. The minimum atomic E-state index is -2.56. The van der Waals surface area contributed by atoms with Crippen molar-refractivity contribution in [3.8, 4) is 12.3 Å². The van der Waals surface area contributed by atoms with Gasteiger partial charge in [-0.25, -0.2) is 8.78 Å². The van der Waals surface area contributed by atoms with E-state index in [0.29, 0.717) is 38.5 Å². The highest BCUT2D eigenvalue weighted by atomic mass is 19.3. The summed E-state index contributed by atoms with van der Waals surface area (Å²) in [5.74, 6) is -0.143. The van der Waals surface area contributed by atoms with Gasteiger partial charge in [-0.1, -0.05) is 0 Å². The van der Waals surface area contributed by atoms with Crippen LogP contribution in [0.25, 0.3) is 0 Å². The van der Waals surface area contributed by atoms with Crippen LogP contribution in [0.15, 0.2) is 10.2 Å². The Morgan fingerprint density at radius 1 is 1.30 bits per heavy atom. The molecule has 6 heteroatoms. The minimum Gasteiger partial charge on any atom is -0.353 e. The number of terminal acetylenes is 1. The van der Waals surface area contributed by atoms with Gasteiger partial charge in [-0.2, -0.15) is 10.2 Å². The van der Waals surface area contributed by atoms with Gasteiger partial charge in [0.15, 0.2) is 5.66 Å². The Labute approximate surface area is 117 Å². The predicted octanol–water partition coefficient (Wildman–Crippen LogP) is 3.04. The Morgan fingerprint density at radius 2 is 1.95 bits per heavy atom. The van der Waals surface area contributed by atoms with Gasteiger partial charge in [0.1, 0.15) is 0 Å². The van der Waals surface area contributed by atoms with Crippen LogP contribution in [0.2, 0.25) is 0 Å². The van der Waals surface area contributed by atoms with Gasteiger partial charge in [-0.3, -0.25) is 4.79 Å². The number of amides is 1. The van der Waals surface area contributed by atoms with E-state index < -0.39 is 11.6 Å². The smallest absolute Gasteiger partial charge is 0.248 e. The molecule has 1 aliphatic heterocycles. The lowest BCUT2D eigenvalue weighted by Gasteiger charge is -2.28. The van der Waals surface area contributed by atoms with Crippen LogP contribution >= 0.6 is 0 Å². The predicted molar refractivity (Wildman–Crippen MR) is 70.2 cm³/mol. The number of nitrogens with one attached hydrogen (secondary N) is 1. The fourth-order valence-corrected chi connectivity index (χ4v) is 2.47. The average Bonchev–Trinajstić information content (AvgIpc) is 3.17. The summed E-state index contributed by atoms with van der Waals surface area (Å²) < 4.78 is 26.0. The van der Waals surface area contributed by atoms with Crippen LogP contribution in [0.4, 0.5) is 8.78 Å². The number of alkyl halides is 2. The average molecular weight is 283 g/mol. The lowest BCUT2D eigenvalue weighted by atomic mass is 9.92. The highest BCUT2D eigenvalue weighted by Crippen LogP contribution is 2.37. The molecule has 0 spiro atoms. The molecule has 0 unspecified atom stereocenters. The molecule has 0 aromatic carbocycles. The first-order valence-electron chi connectivity index (χ1n) is 6.99. The van der Waals surface area contributed by atoms with Crippen LogP contribution in [-0.4, -0.2) is 23.5 Å². The molecule has 1 N–H and O–H groups in total. The summed E-state index contributed by atoms with van der Waals surface area (Å²) >= 11 is 0. The van der Waals surface area contributed by atoms with Crippen molar-refractivity contribution >= 4 is 5.91 Å². The maximum Gasteiger partial charge on any atom is 0.248 e. The summed E-state index contributed by atoms with van der Waals surface area (Å²) in [6.07, 6.45) is 7.71. The number of nitrogens with zero attached hydrogens (tertiary/aromatic N) is 2. The first-order chi connectivity index (χ1) is 9.45. The van der Waals surface area contributed by atoms with Crippen LogP contribution in [0.1, 0.15) is 51.4 Å². The molecular weight excluding hydrogens is 264 g/mol. The van der Waals surface area contributed by atoms with E-state index in [1.807, 2.05) is 0 Å². The Hall–Kier alpha value is -1.51. The van der Waals surface area contributed by atoms with Gasteiger partial charge >= 0.3 is 0 Å². The highest BCUT2D eigenvalue weighted by Gasteiger charge is 2.40. The summed E-state index contributed by atoms with van der Waals surface area (Å²) in [4.78, 5) is 11.8. The standard InChI is InChI=1S/C14H19F2N3O/c1-2-3-7-14(18-19-14)10-6-12(20)17-11-4-8-13(15,16)9-5-11/h1,11H,3-10H2,(H,17,20). The van der Waals surface area contributed by atoms with E-state index in [-0.39, 0.29) is 24.8 Å². The zero-order chi connectivity index (χ0) is 14.6. The lowest BCUT2D eigenvalue weighted by Crippen LogP contribution is -2.40. The molecule has 4 nitrogen and oxygen atoms in total. The fraction of sp³-hybridized carbons (Fsp3) is 0.786. The van der Waals surface area contributed by atoms with E-state index in [0.717, 1.165) is 0 Å². The maximum absolute atomic E-state index is 13.0. The molecule has 2 aliphatic rings. The third-order valence-electron chi connectivity index (χ3n) is 3.89. The van der Waals surface area contributed by atoms with Crippen molar-refractivity contribution < 1.29 is 13.6 Å². The molecule has 0 aromatic rings. The Kier molecular flexibility index (Phi) is 4.36. The molecule has 1 fully saturated rings. The minimum absolute atomic E-state index is 0.113. The van der Waals surface area contributed by atoms with Crippen LogP contribution < -0.4 is 5.32 Å².